The zero-order valence-electron chi connectivity index (χ0n) is 17.7. The van der Waals surface area contributed by atoms with Crippen molar-refractivity contribution in [2.45, 2.75) is 39.8 Å². The number of rotatable bonds is 3. The van der Waals surface area contributed by atoms with E-state index >= 15 is 0 Å². The fourth-order valence-corrected chi connectivity index (χ4v) is 4.97. The van der Waals surface area contributed by atoms with Crippen molar-refractivity contribution >= 4 is 22.4 Å². The summed E-state index contributed by atoms with van der Waals surface area (Å²) in [7, 11) is 0. The number of benzene rings is 1. The van der Waals surface area contributed by atoms with Crippen LogP contribution in [0.25, 0.3) is 11.5 Å². The predicted octanol–water partition coefficient (Wildman–Crippen LogP) is 3.82. The van der Waals surface area contributed by atoms with Crippen molar-refractivity contribution in [1.82, 2.24) is 24.6 Å². The van der Waals surface area contributed by atoms with Crippen LogP contribution in [0.4, 0.5) is 9.52 Å². The van der Waals surface area contributed by atoms with E-state index in [1.165, 1.54) is 37.1 Å². The van der Waals surface area contributed by atoms with E-state index < -0.39 is 0 Å². The minimum atomic E-state index is -0.351. The molecule has 0 unspecified atom stereocenters. The molecule has 2 aliphatic rings. The zero-order chi connectivity index (χ0) is 21.6. The molecule has 4 heterocycles. The average molecular weight is 441 g/mol. The third kappa shape index (κ3) is 3.94. The van der Waals surface area contributed by atoms with Crippen LogP contribution in [0.3, 0.4) is 0 Å². The number of nitrogens with zero attached hydrogens (tertiary/aromatic N) is 6. The second-order valence-electron chi connectivity index (χ2n) is 8.99. The SMILES string of the molecule is CC1(C)CCN(c2nc(-c3nnc4n3CCN(C(=O)c3ccc(F)cc3)C4)cs2)CC1. The number of hydrogen-bond donors (Lipinski definition) is 0. The van der Waals surface area contributed by atoms with Crippen LogP contribution in [-0.2, 0) is 13.1 Å². The smallest absolute Gasteiger partial charge is 0.254 e. The molecule has 31 heavy (non-hydrogen) atoms. The molecule has 3 aromatic rings. The van der Waals surface area contributed by atoms with Crippen molar-refractivity contribution in [3.8, 4) is 11.5 Å². The van der Waals surface area contributed by atoms with Crippen molar-refractivity contribution < 1.29 is 9.18 Å². The maximum atomic E-state index is 13.2. The first kappa shape index (κ1) is 20.1. The van der Waals surface area contributed by atoms with Gasteiger partial charge in [0.1, 0.15) is 11.5 Å². The summed E-state index contributed by atoms with van der Waals surface area (Å²) in [4.78, 5) is 21.7. The van der Waals surface area contributed by atoms with Crippen molar-refractivity contribution in [2.24, 2.45) is 5.41 Å². The molecular weight excluding hydrogens is 415 g/mol. The Balaban J connectivity index is 1.31. The molecule has 5 rings (SSSR count). The molecule has 2 aliphatic heterocycles. The van der Waals surface area contributed by atoms with Crippen LogP contribution < -0.4 is 4.90 Å². The van der Waals surface area contributed by atoms with Crippen molar-refractivity contribution in [2.75, 3.05) is 24.5 Å². The Morgan fingerprint density at radius 1 is 1.06 bits per heavy atom. The molecule has 162 valence electrons. The second kappa shape index (κ2) is 7.71. The van der Waals surface area contributed by atoms with E-state index in [0.717, 1.165) is 35.6 Å². The molecule has 1 aromatic carbocycles. The number of halogens is 1. The number of piperidine rings is 1. The summed E-state index contributed by atoms with van der Waals surface area (Å²) in [5, 5.41) is 11.8. The molecular formula is C22H25FN6OS. The van der Waals surface area contributed by atoms with E-state index in [1.807, 2.05) is 9.95 Å². The summed E-state index contributed by atoms with van der Waals surface area (Å²) >= 11 is 1.65. The monoisotopic (exact) mass is 440 g/mol. The molecule has 0 N–H and O–H groups in total. The summed E-state index contributed by atoms with van der Waals surface area (Å²) in [6, 6.07) is 5.64. The Kier molecular flexibility index (Phi) is 5.00. The molecule has 0 atom stereocenters. The first-order chi connectivity index (χ1) is 14.9. The van der Waals surface area contributed by atoms with Crippen molar-refractivity contribution in [3.05, 3.63) is 46.9 Å². The van der Waals surface area contributed by atoms with E-state index in [2.05, 4.69) is 28.9 Å². The number of fused-ring (bicyclic) bond motifs is 1. The third-order valence-electron chi connectivity index (χ3n) is 6.24. The number of aromatic nitrogens is 4. The van der Waals surface area contributed by atoms with Gasteiger partial charge in [-0.15, -0.1) is 21.5 Å². The highest BCUT2D eigenvalue weighted by Crippen LogP contribution is 2.35. The lowest BCUT2D eigenvalue weighted by atomic mass is 9.83. The Morgan fingerprint density at radius 2 is 1.81 bits per heavy atom. The van der Waals surface area contributed by atoms with Crippen molar-refractivity contribution in [3.63, 3.8) is 0 Å². The van der Waals surface area contributed by atoms with Gasteiger partial charge in [0.15, 0.2) is 16.8 Å². The Hall–Kier alpha value is -2.81. The second-order valence-corrected chi connectivity index (χ2v) is 9.83. The van der Waals surface area contributed by atoms with Crippen LogP contribution in [0, 0.1) is 11.2 Å². The number of amides is 1. The van der Waals surface area contributed by atoms with Gasteiger partial charge >= 0.3 is 0 Å². The molecule has 1 amide bonds. The van der Waals surface area contributed by atoms with E-state index in [4.69, 9.17) is 4.98 Å². The zero-order valence-corrected chi connectivity index (χ0v) is 18.5. The maximum absolute atomic E-state index is 13.2. The number of hydrogen-bond acceptors (Lipinski definition) is 6. The minimum Gasteiger partial charge on any atom is -0.348 e. The summed E-state index contributed by atoms with van der Waals surface area (Å²) in [6.45, 7) is 8.23. The van der Waals surface area contributed by atoms with E-state index in [0.29, 0.717) is 30.6 Å². The lowest BCUT2D eigenvalue weighted by molar-refractivity contribution is 0.0708. The number of thiazole rings is 1. The standard InChI is InChI=1S/C22H25FN6OS/c1-22(2)7-9-27(10-8-22)21-24-17(14-31-21)19-26-25-18-13-28(11-12-29(18)19)20(30)15-3-5-16(23)6-4-15/h3-6,14H,7-13H2,1-2H3. The van der Waals surface area contributed by atoms with Crippen LogP contribution in [0.15, 0.2) is 29.6 Å². The van der Waals surface area contributed by atoms with Crippen LogP contribution in [0.5, 0.6) is 0 Å². The van der Waals surface area contributed by atoms with Gasteiger partial charge in [0.05, 0.1) is 6.54 Å². The third-order valence-corrected chi connectivity index (χ3v) is 7.14. The topological polar surface area (TPSA) is 67.2 Å². The van der Waals surface area contributed by atoms with E-state index in [1.54, 1.807) is 16.2 Å². The average Bonchev–Trinajstić information content (AvgIpc) is 3.40. The van der Waals surface area contributed by atoms with Gasteiger partial charge in [-0.1, -0.05) is 13.8 Å². The molecule has 0 bridgehead atoms. The largest absolute Gasteiger partial charge is 0.348 e. The molecule has 0 spiro atoms. The van der Waals surface area contributed by atoms with Gasteiger partial charge in [0.25, 0.3) is 5.91 Å². The van der Waals surface area contributed by atoms with E-state index in [-0.39, 0.29) is 11.7 Å². The first-order valence-electron chi connectivity index (χ1n) is 10.6. The molecule has 0 saturated carbocycles. The summed E-state index contributed by atoms with van der Waals surface area (Å²) in [5.74, 6) is 1.02. The van der Waals surface area contributed by atoms with Gasteiger partial charge in [-0.2, -0.15) is 0 Å². The minimum absolute atomic E-state index is 0.125. The lowest BCUT2D eigenvalue weighted by Crippen LogP contribution is -2.38. The molecule has 0 radical (unpaired) electrons. The maximum Gasteiger partial charge on any atom is 0.254 e. The van der Waals surface area contributed by atoms with Crippen LogP contribution in [0.1, 0.15) is 42.9 Å². The van der Waals surface area contributed by atoms with Crippen molar-refractivity contribution in [1.29, 1.82) is 0 Å². The normalized spacial score (nSPS) is 18.2. The molecule has 1 saturated heterocycles. The highest BCUT2D eigenvalue weighted by Gasteiger charge is 2.29. The molecule has 0 aliphatic carbocycles. The molecule has 7 nitrogen and oxygen atoms in total. The molecule has 9 heteroatoms. The van der Waals surface area contributed by atoms with Crippen LogP contribution in [-0.4, -0.2) is 50.2 Å². The Labute approximate surface area is 184 Å². The lowest BCUT2D eigenvalue weighted by Gasteiger charge is -2.36. The van der Waals surface area contributed by atoms with Gasteiger partial charge < -0.3 is 14.4 Å². The fraction of sp³-hybridized carbons (Fsp3) is 0.455. The summed E-state index contributed by atoms with van der Waals surface area (Å²) in [5.41, 5.74) is 1.71. The first-order valence-corrected chi connectivity index (χ1v) is 11.5. The van der Waals surface area contributed by atoms with Gasteiger partial charge in [-0.25, -0.2) is 9.37 Å². The Morgan fingerprint density at radius 3 is 2.55 bits per heavy atom. The van der Waals surface area contributed by atoms with Gasteiger partial charge in [0.2, 0.25) is 0 Å². The number of anilines is 1. The summed E-state index contributed by atoms with van der Waals surface area (Å²) in [6.07, 6.45) is 2.33. The number of carbonyl (C=O) groups is 1. The highest BCUT2D eigenvalue weighted by atomic mass is 32.1. The quantitative estimate of drug-likeness (QED) is 0.619. The van der Waals surface area contributed by atoms with Gasteiger partial charge in [0, 0.05) is 37.1 Å². The van der Waals surface area contributed by atoms with Gasteiger partial charge in [-0.3, -0.25) is 4.79 Å². The van der Waals surface area contributed by atoms with Gasteiger partial charge in [-0.05, 0) is 42.5 Å². The predicted molar refractivity (Wildman–Crippen MR) is 117 cm³/mol. The summed E-state index contributed by atoms with van der Waals surface area (Å²) < 4.78 is 15.2. The molecule has 2 aromatic heterocycles. The van der Waals surface area contributed by atoms with Crippen LogP contribution in [0.2, 0.25) is 0 Å². The van der Waals surface area contributed by atoms with Crippen LogP contribution >= 0.6 is 11.3 Å². The number of carbonyl (C=O) groups excluding carboxylic acids is 1. The fourth-order valence-electron chi connectivity index (χ4n) is 4.11. The highest BCUT2D eigenvalue weighted by molar-refractivity contribution is 7.14. The Bertz CT molecular complexity index is 1100. The van der Waals surface area contributed by atoms with E-state index in [9.17, 15) is 9.18 Å². The molecule has 1 fully saturated rings.